The standard InChI is InChI=1S/C14H15NO3/c16-11-3-4-12-10(9-15-5-1-2-6-15)7-14(17)18-13(12)8-11/h3-4,7-8,16H,1-2,5-6,9H2/p+1. The highest BCUT2D eigenvalue weighted by atomic mass is 16.4. The third-order valence-electron chi connectivity index (χ3n) is 3.56. The van der Waals surface area contributed by atoms with Gasteiger partial charge in [-0.15, -0.1) is 0 Å². The van der Waals surface area contributed by atoms with Gasteiger partial charge in [0.1, 0.15) is 17.9 Å². The van der Waals surface area contributed by atoms with Crippen LogP contribution in [0.5, 0.6) is 5.75 Å². The van der Waals surface area contributed by atoms with Crippen molar-refractivity contribution in [2.45, 2.75) is 19.4 Å². The van der Waals surface area contributed by atoms with E-state index in [0.29, 0.717) is 5.58 Å². The molecule has 2 N–H and O–H groups in total. The Labute approximate surface area is 104 Å². The maximum Gasteiger partial charge on any atom is 0.336 e. The lowest BCUT2D eigenvalue weighted by atomic mass is 10.1. The van der Waals surface area contributed by atoms with Crippen molar-refractivity contribution in [1.82, 2.24) is 0 Å². The van der Waals surface area contributed by atoms with Gasteiger partial charge in [-0.05, 0) is 12.1 Å². The van der Waals surface area contributed by atoms with E-state index in [0.717, 1.165) is 17.5 Å². The second kappa shape index (κ2) is 4.46. The van der Waals surface area contributed by atoms with E-state index >= 15 is 0 Å². The quantitative estimate of drug-likeness (QED) is 0.766. The molecule has 1 aliphatic rings. The number of benzene rings is 1. The first-order valence-electron chi connectivity index (χ1n) is 6.32. The molecular weight excluding hydrogens is 230 g/mol. The highest BCUT2D eigenvalue weighted by Gasteiger charge is 2.17. The van der Waals surface area contributed by atoms with E-state index < -0.39 is 0 Å². The van der Waals surface area contributed by atoms with Gasteiger partial charge < -0.3 is 14.4 Å². The van der Waals surface area contributed by atoms with Crippen LogP contribution in [0.4, 0.5) is 0 Å². The zero-order chi connectivity index (χ0) is 12.5. The molecule has 4 nitrogen and oxygen atoms in total. The second-order valence-electron chi connectivity index (χ2n) is 4.91. The molecule has 0 radical (unpaired) electrons. The van der Waals surface area contributed by atoms with E-state index in [2.05, 4.69) is 0 Å². The van der Waals surface area contributed by atoms with Gasteiger partial charge in [0, 0.05) is 35.9 Å². The Bertz CT molecular complexity index is 626. The summed E-state index contributed by atoms with van der Waals surface area (Å²) in [7, 11) is 0. The maximum absolute atomic E-state index is 11.5. The normalized spacial score (nSPS) is 16.4. The van der Waals surface area contributed by atoms with Crippen LogP contribution in [0.15, 0.2) is 33.5 Å². The van der Waals surface area contributed by atoms with E-state index in [4.69, 9.17) is 4.42 Å². The van der Waals surface area contributed by atoms with Gasteiger partial charge >= 0.3 is 5.63 Å². The van der Waals surface area contributed by atoms with Crippen molar-refractivity contribution in [3.63, 3.8) is 0 Å². The molecule has 4 heteroatoms. The van der Waals surface area contributed by atoms with Gasteiger partial charge in [-0.2, -0.15) is 0 Å². The molecule has 3 rings (SSSR count). The lowest BCUT2D eigenvalue weighted by Crippen LogP contribution is -3.08. The summed E-state index contributed by atoms with van der Waals surface area (Å²) in [4.78, 5) is 13.0. The fourth-order valence-electron chi connectivity index (χ4n) is 2.69. The Kier molecular flexibility index (Phi) is 2.80. The summed E-state index contributed by atoms with van der Waals surface area (Å²) in [5, 5.41) is 10.4. The summed E-state index contributed by atoms with van der Waals surface area (Å²) in [6.45, 7) is 3.19. The molecule has 0 aliphatic carbocycles. The largest absolute Gasteiger partial charge is 0.508 e. The molecule has 0 spiro atoms. The van der Waals surface area contributed by atoms with Gasteiger partial charge in [-0.3, -0.25) is 0 Å². The highest BCUT2D eigenvalue weighted by molar-refractivity contribution is 5.81. The number of nitrogens with one attached hydrogen (secondary N) is 1. The predicted octanol–water partition coefficient (Wildman–Crippen LogP) is 0.677. The molecule has 94 valence electrons. The summed E-state index contributed by atoms with van der Waals surface area (Å²) >= 11 is 0. The molecular formula is C14H16NO3+. The molecule has 0 unspecified atom stereocenters. The molecule has 1 aromatic carbocycles. The van der Waals surface area contributed by atoms with Crippen LogP contribution in [0.3, 0.4) is 0 Å². The Morgan fingerprint density at radius 1 is 1.22 bits per heavy atom. The lowest BCUT2D eigenvalue weighted by Gasteiger charge is -2.13. The average Bonchev–Trinajstić information content (AvgIpc) is 2.80. The van der Waals surface area contributed by atoms with E-state index in [1.807, 2.05) is 6.07 Å². The minimum absolute atomic E-state index is 0.122. The van der Waals surface area contributed by atoms with Gasteiger partial charge in [-0.1, -0.05) is 0 Å². The van der Waals surface area contributed by atoms with Crippen LogP contribution in [0.1, 0.15) is 18.4 Å². The van der Waals surface area contributed by atoms with Crippen LogP contribution >= 0.6 is 0 Å². The Morgan fingerprint density at radius 3 is 2.78 bits per heavy atom. The summed E-state index contributed by atoms with van der Waals surface area (Å²) < 4.78 is 5.12. The van der Waals surface area contributed by atoms with Crippen molar-refractivity contribution in [2.75, 3.05) is 13.1 Å². The van der Waals surface area contributed by atoms with Gasteiger partial charge in [0.05, 0.1) is 13.1 Å². The van der Waals surface area contributed by atoms with E-state index in [1.54, 1.807) is 12.1 Å². The zero-order valence-corrected chi connectivity index (χ0v) is 10.1. The number of phenolic OH excluding ortho intramolecular Hbond substituents is 1. The zero-order valence-electron chi connectivity index (χ0n) is 10.1. The third kappa shape index (κ3) is 2.11. The molecule has 1 saturated heterocycles. The Balaban J connectivity index is 2.06. The van der Waals surface area contributed by atoms with Gasteiger partial charge in [0.15, 0.2) is 0 Å². The van der Waals surface area contributed by atoms with Gasteiger partial charge in [-0.25, -0.2) is 4.79 Å². The van der Waals surface area contributed by atoms with Crippen molar-refractivity contribution in [3.8, 4) is 5.75 Å². The number of rotatable bonds is 2. The molecule has 0 saturated carbocycles. The van der Waals surface area contributed by atoms with Crippen LogP contribution in [0.2, 0.25) is 0 Å². The SMILES string of the molecule is O=c1cc(C[NH+]2CCCC2)c2ccc(O)cc2o1. The number of aromatic hydroxyl groups is 1. The van der Waals surface area contributed by atoms with Gasteiger partial charge in [0.25, 0.3) is 0 Å². The first-order chi connectivity index (χ1) is 8.72. The van der Waals surface area contributed by atoms with Crippen molar-refractivity contribution < 1.29 is 14.4 Å². The Hall–Kier alpha value is -1.81. The molecule has 2 aromatic rings. The van der Waals surface area contributed by atoms with Crippen molar-refractivity contribution in [1.29, 1.82) is 0 Å². The molecule has 2 heterocycles. The molecule has 0 amide bonds. The Morgan fingerprint density at radius 2 is 2.00 bits per heavy atom. The van der Waals surface area contributed by atoms with E-state index in [1.165, 1.54) is 36.9 Å². The van der Waals surface area contributed by atoms with Crippen LogP contribution < -0.4 is 10.5 Å². The number of fused-ring (bicyclic) bond motifs is 1. The first-order valence-corrected chi connectivity index (χ1v) is 6.32. The average molecular weight is 246 g/mol. The van der Waals surface area contributed by atoms with E-state index in [9.17, 15) is 9.90 Å². The van der Waals surface area contributed by atoms with Crippen molar-refractivity contribution in [2.24, 2.45) is 0 Å². The monoisotopic (exact) mass is 246 g/mol. The summed E-state index contributed by atoms with van der Waals surface area (Å²) in [6, 6.07) is 6.52. The van der Waals surface area contributed by atoms with Crippen molar-refractivity contribution in [3.05, 3.63) is 40.2 Å². The smallest absolute Gasteiger partial charge is 0.336 e. The van der Waals surface area contributed by atoms with Crippen LogP contribution in [0.25, 0.3) is 11.0 Å². The van der Waals surface area contributed by atoms with Crippen molar-refractivity contribution >= 4 is 11.0 Å². The molecule has 1 aromatic heterocycles. The topological polar surface area (TPSA) is 54.9 Å². The number of hydrogen-bond acceptors (Lipinski definition) is 3. The third-order valence-corrected chi connectivity index (χ3v) is 3.56. The first kappa shape index (κ1) is 11.3. The minimum Gasteiger partial charge on any atom is -0.508 e. The van der Waals surface area contributed by atoms with E-state index in [-0.39, 0.29) is 11.4 Å². The fourth-order valence-corrected chi connectivity index (χ4v) is 2.69. The molecule has 18 heavy (non-hydrogen) atoms. The summed E-state index contributed by atoms with van der Waals surface area (Å²) in [5.41, 5.74) is 1.14. The number of likely N-dealkylation sites (tertiary alicyclic amines) is 1. The predicted molar refractivity (Wildman–Crippen MR) is 67.8 cm³/mol. The van der Waals surface area contributed by atoms with Crippen LogP contribution in [0, 0.1) is 0 Å². The molecule has 1 fully saturated rings. The number of hydrogen-bond donors (Lipinski definition) is 2. The second-order valence-corrected chi connectivity index (χ2v) is 4.91. The van der Waals surface area contributed by atoms with Crippen LogP contribution in [-0.4, -0.2) is 18.2 Å². The molecule has 0 bridgehead atoms. The van der Waals surface area contributed by atoms with Crippen LogP contribution in [-0.2, 0) is 6.54 Å². The molecule has 0 atom stereocenters. The summed E-state index contributed by atoms with van der Waals surface area (Å²) in [6.07, 6.45) is 2.52. The van der Waals surface area contributed by atoms with Gasteiger partial charge in [0.2, 0.25) is 0 Å². The minimum atomic E-state index is -0.346. The highest BCUT2D eigenvalue weighted by Crippen LogP contribution is 2.21. The maximum atomic E-state index is 11.5. The molecule has 1 aliphatic heterocycles. The fraction of sp³-hybridized carbons (Fsp3) is 0.357. The summed E-state index contributed by atoms with van der Waals surface area (Å²) in [5.74, 6) is 0.122. The lowest BCUT2D eigenvalue weighted by molar-refractivity contribution is -0.901. The number of quaternary nitrogens is 1. The number of phenols is 1.